The van der Waals surface area contributed by atoms with Crippen LogP contribution in [0.5, 0.6) is 5.75 Å². The molecule has 0 amide bonds. The smallest absolute Gasteiger partial charge is 0.119 e. The van der Waals surface area contributed by atoms with Crippen LogP contribution in [0.2, 0.25) is 0 Å². The predicted octanol–water partition coefficient (Wildman–Crippen LogP) is 5.77. The summed E-state index contributed by atoms with van der Waals surface area (Å²) in [6.45, 7) is 0. The molecular formula is C23H19NO. The molecule has 4 aromatic rings. The van der Waals surface area contributed by atoms with E-state index in [2.05, 4.69) is 77.8 Å². The molecule has 1 N–H and O–H groups in total. The van der Waals surface area contributed by atoms with Crippen molar-refractivity contribution in [1.29, 1.82) is 0 Å². The molecule has 0 unspecified atom stereocenters. The first-order chi connectivity index (χ1) is 12.3. The molecule has 0 spiro atoms. The van der Waals surface area contributed by atoms with E-state index in [0.29, 0.717) is 0 Å². The summed E-state index contributed by atoms with van der Waals surface area (Å²) in [5.41, 5.74) is 5.73. The molecule has 4 rings (SSSR count). The van der Waals surface area contributed by atoms with E-state index in [0.717, 1.165) is 22.3 Å². The zero-order chi connectivity index (χ0) is 17.1. The fraction of sp³-hybridized carbons (Fsp3) is 0.0435. The molecule has 0 bridgehead atoms. The van der Waals surface area contributed by atoms with Gasteiger partial charge < -0.3 is 9.72 Å². The molecule has 0 saturated carbocycles. The van der Waals surface area contributed by atoms with Gasteiger partial charge in [-0.05, 0) is 41.5 Å². The Morgan fingerprint density at radius 3 is 2.28 bits per heavy atom. The average molecular weight is 325 g/mol. The van der Waals surface area contributed by atoms with Crippen molar-refractivity contribution in [3.8, 4) is 5.75 Å². The first-order valence-electron chi connectivity index (χ1n) is 8.33. The van der Waals surface area contributed by atoms with Crippen LogP contribution in [-0.4, -0.2) is 12.1 Å². The molecule has 2 heteroatoms. The minimum atomic E-state index is 0.867. The highest BCUT2D eigenvalue weighted by atomic mass is 16.5. The van der Waals surface area contributed by atoms with E-state index >= 15 is 0 Å². The molecule has 0 atom stereocenters. The zero-order valence-corrected chi connectivity index (χ0v) is 14.1. The van der Waals surface area contributed by atoms with Crippen LogP contribution in [-0.2, 0) is 0 Å². The first-order valence-corrected chi connectivity index (χ1v) is 8.33. The lowest BCUT2D eigenvalue weighted by molar-refractivity contribution is 0.415. The number of H-pyrrole nitrogens is 1. The van der Waals surface area contributed by atoms with Crippen molar-refractivity contribution in [3.63, 3.8) is 0 Å². The summed E-state index contributed by atoms with van der Waals surface area (Å²) < 4.78 is 5.34. The molecule has 2 nitrogen and oxygen atoms in total. The van der Waals surface area contributed by atoms with Crippen LogP contribution in [0.4, 0.5) is 0 Å². The third-order valence-corrected chi connectivity index (χ3v) is 4.31. The van der Waals surface area contributed by atoms with Gasteiger partial charge in [0.05, 0.1) is 7.11 Å². The van der Waals surface area contributed by atoms with Gasteiger partial charge in [0, 0.05) is 22.2 Å². The summed E-state index contributed by atoms with van der Waals surface area (Å²) in [7, 11) is 1.69. The third-order valence-electron chi connectivity index (χ3n) is 4.31. The Morgan fingerprint density at radius 2 is 1.56 bits per heavy atom. The second-order valence-electron chi connectivity index (χ2n) is 5.97. The number of aromatic nitrogens is 1. The maximum atomic E-state index is 5.34. The SMILES string of the molecule is COc1ccc2[nH]c(C(=Cc3ccccc3)c3ccccc3)cc2c1. The minimum absolute atomic E-state index is 0.867. The van der Waals surface area contributed by atoms with E-state index in [9.17, 15) is 0 Å². The molecule has 0 aliphatic heterocycles. The summed E-state index contributed by atoms with van der Waals surface area (Å²) in [5, 5.41) is 1.14. The topological polar surface area (TPSA) is 25.0 Å². The number of aromatic amines is 1. The second kappa shape index (κ2) is 6.70. The number of hydrogen-bond donors (Lipinski definition) is 1. The molecule has 3 aromatic carbocycles. The normalized spacial score (nSPS) is 11.6. The highest BCUT2D eigenvalue weighted by molar-refractivity contribution is 5.95. The van der Waals surface area contributed by atoms with Crippen LogP contribution in [0.25, 0.3) is 22.6 Å². The molecule has 1 aromatic heterocycles. The second-order valence-corrected chi connectivity index (χ2v) is 5.97. The van der Waals surface area contributed by atoms with Gasteiger partial charge in [0.2, 0.25) is 0 Å². The van der Waals surface area contributed by atoms with Gasteiger partial charge in [-0.1, -0.05) is 60.7 Å². The molecule has 0 fully saturated rings. The summed E-state index contributed by atoms with van der Waals surface area (Å²) in [4.78, 5) is 3.54. The van der Waals surface area contributed by atoms with Crippen molar-refractivity contribution in [2.75, 3.05) is 7.11 Å². The maximum Gasteiger partial charge on any atom is 0.119 e. The highest BCUT2D eigenvalue weighted by Gasteiger charge is 2.09. The van der Waals surface area contributed by atoms with Crippen molar-refractivity contribution in [2.24, 2.45) is 0 Å². The molecule has 0 radical (unpaired) electrons. The van der Waals surface area contributed by atoms with Crippen molar-refractivity contribution in [1.82, 2.24) is 4.98 Å². The number of ether oxygens (including phenoxy) is 1. The number of hydrogen-bond acceptors (Lipinski definition) is 1. The Labute approximate surface area is 147 Å². The van der Waals surface area contributed by atoms with Crippen LogP contribution in [0.15, 0.2) is 84.9 Å². The van der Waals surface area contributed by atoms with Gasteiger partial charge in [-0.2, -0.15) is 0 Å². The van der Waals surface area contributed by atoms with Gasteiger partial charge in [-0.3, -0.25) is 0 Å². The predicted molar refractivity (Wildman–Crippen MR) is 105 cm³/mol. The number of benzene rings is 3. The molecule has 0 aliphatic rings. The van der Waals surface area contributed by atoms with E-state index in [1.807, 2.05) is 18.2 Å². The summed E-state index contributed by atoms with van der Waals surface area (Å²) in [6, 6.07) is 29.1. The van der Waals surface area contributed by atoms with Crippen LogP contribution >= 0.6 is 0 Å². The maximum absolute atomic E-state index is 5.34. The number of methoxy groups -OCH3 is 1. The van der Waals surface area contributed by atoms with E-state index < -0.39 is 0 Å². The van der Waals surface area contributed by atoms with Crippen molar-refractivity contribution in [2.45, 2.75) is 0 Å². The van der Waals surface area contributed by atoms with Gasteiger partial charge in [-0.25, -0.2) is 0 Å². The van der Waals surface area contributed by atoms with E-state index in [1.165, 1.54) is 16.7 Å². The molecule has 0 aliphatic carbocycles. The lowest BCUT2D eigenvalue weighted by Crippen LogP contribution is -1.88. The van der Waals surface area contributed by atoms with Crippen molar-refractivity contribution < 1.29 is 4.74 Å². The molecule has 122 valence electrons. The quantitative estimate of drug-likeness (QED) is 0.474. The van der Waals surface area contributed by atoms with Crippen LogP contribution in [0.3, 0.4) is 0 Å². The fourth-order valence-corrected chi connectivity index (χ4v) is 3.03. The minimum Gasteiger partial charge on any atom is -0.497 e. The Kier molecular flexibility index (Phi) is 4.09. The number of nitrogens with one attached hydrogen (secondary N) is 1. The lowest BCUT2D eigenvalue weighted by atomic mass is 10.00. The largest absolute Gasteiger partial charge is 0.497 e. The molecule has 0 saturated heterocycles. The molecular weight excluding hydrogens is 306 g/mol. The summed E-state index contributed by atoms with van der Waals surface area (Å²) >= 11 is 0. The van der Waals surface area contributed by atoms with Crippen LogP contribution in [0, 0.1) is 0 Å². The van der Waals surface area contributed by atoms with Crippen LogP contribution in [0.1, 0.15) is 16.8 Å². The van der Waals surface area contributed by atoms with E-state index in [4.69, 9.17) is 4.74 Å². The van der Waals surface area contributed by atoms with Crippen molar-refractivity contribution >= 4 is 22.6 Å². The van der Waals surface area contributed by atoms with Gasteiger partial charge in [0.15, 0.2) is 0 Å². The third kappa shape index (κ3) is 3.20. The molecule has 25 heavy (non-hydrogen) atoms. The standard InChI is InChI=1S/C23H19NO/c1-25-20-12-13-22-19(15-20)16-23(24-22)21(18-10-6-3-7-11-18)14-17-8-4-2-5-9-17/h2-16,24H,1H3. The zero-order valence-electron chi connectivity index (χ0n) is 14.1. The van der Waals surface area contributed by atoms with Crippen LogP contribution < -0.4 is 4.74 Å². The van der Waals surface area contributed by atoms with Gasteiger partial charge in [0.25, 0.3) is 0 Å². The van der Waals surface area contributed by atoms with E-state index in [1.54, 1.807) is 7.11 Å². The first kappa shape index (κ1) is 15.3. The Bertz CT molecular complexity index is 1010. The Morgan fingerprint density at radius 1 is 0.840 bits per heavy atom. The van der Waals surface area contributed by atoms with Gasteiger partial charge in [0.1, 0.15) is 5.75 Å². The lowest BCUT2D eigenvalue weighted by Gasteiger charge is -2.06. The molecule has 1 heterocycles. The Hall–Kier alpha value is -3.26. The average Bonchev–Trinajstić information content (AvgIpc) is 3.10. The Balaban J connectivity index is 1.87. The number of fused-ring (bicyclic) bond motifs is 1. The summed E-state index contributed by atoms with van der Waals surface area (Å²) in [6.07, 6.45) is 2.22. The number of rotatable bonds is 4. The highest BCUT2D eigenvalue weighted by Crippen LogP contribution is 2.29. The monoisotopic (exact) mass is 325 g/mol. The summed E-state index contributed by atoms with van der Waals surface area (Å²) in [5.74, 6) is 0.867. The fourth-order valence-electron chi connectivity index (χ4n) is 3.03. The van der Waals surface area contributed by atoms with E-state index in [-0.39, 0.29) is 0 Å². The van der Waals surface area contributed by atoms with Crippen molar-refractivity contribution in [3.05, 3.63) is 102 Å². The van der Waals surface area contributed by atoms with Gasteiger partial charge >= 0.3 is 0 Å². The van der Waals surface area contributed by atoms with Gasteiger partial charge in [-0.15, -0.1) is 0 Å².